The summed E-state index contributed by atoms with van der Waals surface area (Å²) in [5.41, 5.74) is 2.52. The van der Waals surface area contributed by atoms with E-state index in [1.807, 2.05) is 12.3 Å². The molecule has 0 saturated heterocycles. The van der Waals surface area contributed by atoms with Gasteiger partial charge in [0.2, 0.25) is 0 Å². The number of hydrogen-bond donors (Lipinski definition) is 0. The molecule has 1 aromatic rings. The molecule has 0 unspecified atom stereocenters. The highest BCUT2D eigenvalue weighted by Gasteiger charge is 2.08. The molecule has 0 radical (unpaired) electrons. The van der Waals surface area contributed by atoms with Crippen molar-refractivity contribution in [3.8, 4) is 0 Å². The van der Waals surface area contributed by atoms with Crippen LogP contribution < -0.4 is 0 Å². The summed E-state index contributed by atoms with van der Waals surface area (Å²) >= 11 is 0. The molecule has 0 saturated carbocycles. The first-order valence-corrected chi connectivity index (χ1v) is 2.96. The monoisotopic (exact) mass is 121 g/mol. The molecular formula is C7H7NO. The summed E-state index contributed by atoms with van der Waals surface area (Å²) in [5.74, 6) is 0. The van der Waals surface area contributed by atoms with Crippen molar-refractivity contribution in [3.63, 3.8) is 0 Å². The Balaban J connectivity index is 2.54. The fourth-order valence-corrected chi connectivity index (χ4v) is 0.998. The Hall–Kier alpha value is -0.890. The fourth-order valence-electron chi connectivity index (χ4n) is 0.998. The second-order valence-electron chi connectivity index (χ2n) is 2.14. The maximum Gasteiger partial charge on any atom is 0.0740 e. The van der Waals surface area contributed by atoms with Crippen molar-refractivity contribution in [1.29, 1.82) is 0 Å². The van der Waals surface area contributed by atoms with E-state index in [0.717, 1.165) is 13.2 Å². The van der Waals surface area contributed by atoms with Gasteiger partial charge in [0, 0.05) is 18.0 Å². The molecule has 0 fully saturated rings. The van der Waals surface area contributed by atoms with Gasteiger partial charge in [0.15, 0.2) is 0 Å². The van der Waals surface area contributed by atoms with Gasteiger partial charge in [0.1, 0.15) is 0 Å². The summed E-state index contributed by atoms with van der Waals surface area (Å²) in [5, 5.41) is 0. The average molecular weight is 121 g/mol. The zero-order valence-electron chi connectivity index (χ0n) is 5.00. The molecule has 0 bridgehead atoms. The van der Waals surface area contributed by atoms with Crippen LogP contribution in [0.1, 0.15) is 11.1 Å². The summed E-state index contributed by atoms with van der Waals surface area (Å²) in [4.78, 5) is 3.98. The van der Waals surface area contributed by atoms with Crippen LogP contribution in [0.2, 0.25) is 0 Å². The third-order valence-electron chi connectivity index (χ3n) is 1.52. The molecule has 1 aromatic heterocycles. The molecule has 2 rings (SSSR count). The minimum atomic E-state index is 0.739. The van der Waals surface area contributed by atoms with Crippen LogP contribution in [0.3, 0.4) is 0 Å². The minimum Gasteiger partial charge on any atom is -0.372 e. The third-order valence-corrected chi connectivity index (χ3v) is 1.52. The normalized spacial score (nSPS) is 15.6. The quantitative estimate of drug-likeness (QED) is 0.513. The lowest BCUT2D eigenvalue weighted by molar-refractivity contribution is 0.134. The van der Waals surface area contributed by atoms with Crippen LogP contribution in [-0.4, -0.2) is 4.98 Å². The van der Waals surface area contributed by atoms with E-state index in [9.17, 15) is 0 Å². The minimum absolute atomic E-state index is 0.739. The van der Waals surface area contributed by atoms with Crippen molar-refractivity contribution in [1.82, 2.24) is 4.98 Å². The smallest absolute Gasteiger partial charge is 0.0740 e. The summed E-state index contributed by atoms with van der Waals surface area (Å²) in [7, 11) is 0. The largest absolute Gasteiger partial charge is 0.372 e. The van der Waals surface area contributed by atoms with E-state index in [1.165, 1.54) is 11.1 Å². The van der Waals surface area contributed by atoms with Gasteiger partial charge in [-0.2, -0.15) is 0 Å². The molecular weight excluding hydrogens is 114 g/mol. The van der Waals surface area contributed by atoms with Crippen LogP contribution in [0.15, 0.2) is 18.5 Å². The molecule has 46 valence electrons. The van der Waals surface area contributed by atoms with Gasteiger partial charge in [0.05, 0.1) is 13.2 Å². The molecule has 1 aliphatic heterocycles. The summed E-state index contributed by atoms with van der Waals surface area (Å²) < 4.78 is 5.17. The van der Waals surface area contributed by atoms with Gasteiger partial charge in [-0.15, -0.1) is 0 Å². The number of ether oxygens (including phenoxy) is 1. The number of hydrogen-bond acceptors (Lipinski definition) is 2. The van der Waals surface area contributed by atoms with Gasteiger partial charge in [-0.3, -0.25) is 4.98 Å². The molecule has 0 aliphatic carbocycles. The van der Waals surface area contributed by atoms with E-state index in [1.54, 1.807) is 6.20 Å². The highest BCUT2D eigenvalue weighted by Crippen LogP contribution is 2.16. The zero-order chi connectivity index (χ0) is 6.10. The van der Waals surface area contributed by atoms with E-state index >= 15 is 0 Å². The Kier molecular flexibility index (Phi) is 0.993. The molecule has 1 aliphatic rings. The molecule has 0 atom stereocenters. The molecule has 9 heavy (non-hydrogen) atoms. The highest BCUT2D eigenvalue weighted by molar-refractivity contribution is 5.23. The van der Waals surface area contributed by atoms with E-state index < -0.39 is 0 Å². The average Bonchev–Trinajstić information content (AvgIpc) is 2.33. The van der Waals surface area contributed by atoms with Crippen LogP contribution in [0.5, 0.6) is 0 Å². The van der Waals surface area contributed by atoms with Crippen LogP contribution in [0.25, 0.3) is 0 Å². The zero-order valence-corrected chi connectivity index (χ0v) is 5.00. The lowest BCUT2D eigenvalue weighted by atomic mass is 10.2. The van der Waals surface area contributed by atoms with Crippen LogP contribution in [0, 0.1) is 0 Å². The van der Waals surface area contributed by atoms with Crippen molar-refractivity contribution in [2.45, 2.75) is 13.2 Å². The Morgan fingerprint density at radius 3 is 3.11 bits per heavy atom. The van der Waals surface area contributed by atoms with E-state index in [4.69, 9.17) is 4.74 Å². The number of aromatic nitrogens is 1. The second-order valence-corrected chi connectivity index (χ2v) is 2.14. The predicted octanol–water partition coefficient (Wildman–Crippen LogP) is 1.11. The van der Waals surface area contributed by atoms with E-state index in [2.05, 4.69) is 4.98 Å². The number of fused-ring (bicyclic) bond motifs is 1. The van der Waals surface area contributed by atoms with E-state index in [0.29, 0.717) is 0 Å². The molecule has 0 N–H and O–H groups in total. The van der Waals surface area contributed by atoms with Gasteiger partial charge in [-0.25, -0.2) is 0 Å². The highest BCUT2D eigenvalue weighted by atomic mass is 16.5. The Bertz CT molecular complexity index is 199. The predicted molar refractivity (Wildman–Crippen MR) is 32.7 cm³/mol. The van der Waals surface area contributed by atoms with Crippen molar-refractivity contribution in [3.05, 3.63) is 29.6 Å². The van der Waals surface area contributed by atoms with Gasteiger partial charge in [-0.05, 0) is 11.6 Å². The molecule has 0 amide bonds. The molecule has 2 heteroatoms. The summed E-state index contributed by atoms with van der Waals surface area (Å²) in [6.45, 7) is 1.50. The van der Waals surface area contributed by atoms with Gasteiger partial charge in [0.25, 0.3) is 0 Å². The topological polar surface area (TPSA) is 22.1 Å². The Morgan fingerprint density at radius 2 is 2.22 bits per heavy atom. The molecule has 0 spiro atoms. The molecule has 2 heterocycles. The van der Waals surface area contributed by atoms with E-state index in [-0.39, 0.29) is 0 Å². The third kappa shape index (κ3) is 0.715. The second kappa shape index (κ2) is 1.81. The summed E-state index contributed by atoms with van der Waals surface area (Å²) in [6.07, 6.45) is 3.66. The Labute approximate surface area is 53.5 Å². The van der Waals surface area contributed by atoms with Crippen molar-refractivity contribution in [2.75, 3.05) is 0 Å². The fraction of sp³-hybridized carbons (Fsp3) is 0.286. The first-order chi connectivity index (χ1) is 4.47. The van der Waals surface area contributed by atoms with Crippen LogP contribution >= 0.6 is 0 Å². The van der Waals surface area contributed by atoms with Gasteiger partial charge < -0.3 is 4.74 Å². The standard InChI is InChI=1S/C7H7NO/c1-2-8-3-7-5-9-4-6(1)7/h1-3H,4-5H2. The first-order valence-electron chi connectivity index (χ1n) is 2.96. The van der Waals surface area contributed by atoms with Crippen LogP contribution in [-0.2, 0) is 18.0 Å². The molecule has 2 nitrogen and oxygen atoms in total. The Morgan fingerprint density at radius 1 is 1.33 bits per heavy atom. The van der Waals surface area contributed by atoms with Crippen molar-refractivity contribution >= 4 is 0 Å². The number of pyridine rings is 1. The maximum atomic E-state index is 5.17. The van der Waals surface area contributed by atoms with Gasteiger partial charge >= 0.3 is 0 Å². The van der Waals surface area contributed by atoms with Crippen molar-refractivity contribution in [2.24, 2.45) is 0 Å². The first kappa shape index (κ1) is 4.94. The van der Waals surface area contributed by atoms with Gasteiger partial charge in [-0.1, -0.05) is 0 Å². The summed E-state index contributed by atoms with van der Waals surface area (Å²) in [6, 6.07) is 2.00. The molecule has 0 aromatic carbocycles. The van der Waals surface area contributed by atoms with Crippen LogP contribution in [0.4, 0.5) is 0 Å². The SMILES string of the molecule is c1cc2c(cn1)COC2. The number of nitrogens with zero attached hydrogens (tertiary/aromatic N) is 1. The number of rotatable bonds is 0. The lowest BCUT2D eigenvalue weighted by Crippen LogP contribution is -1.80. The van der Waals surface area contributed by atoms with Crippen molar-refractivity contribution < 1.29 is 4.74 Å². The lowest BCUT2D eigenvalue weighted by Gasteiger charge is -1.89. The maximum absolute atomic E-state index is 5.17.